The molecule has 15 heavy (non-hydrogen) atoms. The Labute approximate surface area is 101 Å². The van der Waals surface area contributed by atoms with Crippen LogP contribution in [0.2, 0.25) is 0 Å². The summed E-state index contributed by atoms with van der Waals surface area (Å²) in [7, 11) is 0. The van der Waals surface area contributed by atoms with Crippen LogP contribution in [0, 0.1) is 10.1 Å². The normalized spacial score (nSPS) is 21.6. The van der Waals surface area contributed by atoms with Gasteiger partial charge in [0.25, 0.3) is 0 Å². The molecular formula is C6H9Cl3N4O2. The number of hydrogen-bond acceptors (Lipinski definition) is 4. The van der Waals surface area contributed by atoms with Crippen LogP contribution in [0.25, 0.3) is 0 Å². The molecule has 0 aromatic rings. The van der Waals surface area contributed by atoms with Gasteiger partial charge in [-0.3, -0.25) is 5.01 Å². The van der Waals surface area contributed by atoms with Gasteiger partial charge in [0.1, 0.15) is 0 Å². The number of alkyl halides is 3. The molecule has 0 bridgehead atoms. The monoisotopic (exact) mass is 274 g/mol. The lowest BCUT2D eigenvalue weighted by Gasteiger charge is -2.31. The predicted molar refractivity (Wildman–Crippen MR) is 58.4 cm³/mol. The molecule has 0 spiro atoms. The van der Waals surface area contributed by atoms with Crippen molar-refractivity contribution in [2.45, 2.75) is 29.8 Å². The van der Waals surface area contributed by atoms with Crippen LogP contribution in [-0.2, 0) is 0 Å². The van der Waals surface area contributed by atoms with E-state index in [0.717, 1.165) is 6.34 Å². The van der Waals surface area contributed by atoms with E-state index < -0.39 is 15.0 Å². The molecule has 1 atom stereocenters. The summed E-state index contributed by atoms with van der Waals surface area (Å²) in [6.07, 6.45) is 0.00419. The highest BCUT2D eigenvalue weighted by molar-refractivity contribution is 6.68. The number of rotatable bonds is 2. The molecule has 0 saturated heterocycles. The van der Waals surface area contributed by atoms with E-state index in [-0.39, 0.29) is 6.04 Å². The number of nitro groups is 1. The summed E-state index contributed by atoms with van der Waals surface area (Å²) in [6.45, 7) is 3.59. The highest BCUT2D eigenvalue weighted by Crippen LogP contribution is 2.37. The third kappa shape index (κ3) is 2.56. The van der Waals surface area contributed by atoms with Gasteiger partial charge in [-0.2, -0.15) is 5.10 Å². The van der Waals surface area contributed by atoms with Crippen LogP contribution in [0.15, 0.2) is 5.10 Å². The number of hydrazine groups is 1. The van der Waals surface area contributed by atoms with Crippen molar-refractivity contribution in [3.63, 3.8) is 0 Å². The first kappa shape index (κ1) is 12.6. The van der Waals surface area contributed by atoms with Gasteiger partial charge >= 0.3 is 0 Å². The van der Waals surface area contributed by atoms with Crippen molar-refractivity contribution in [2.75, 3.05) is 0 Å². The van der Waals surface area contributed by atoms with Gasteiger partial charge in [-0.25, -0.2) is 10.1 Å². The second-order valence-corrected chi connectivity index (χ2v) is 5.61. The first-order valence-electron chi connectivity index (χ1n) is 4.07. The van der Waals surface area contributed by atoms with E-state index in [1.165, 1.54) is 5.01 Å². The fourth-order valence-electron chi connectivity index (χ4n) is 1.21. The summed E-state index contributed by atoms with van der Waals surface area (Å²) < 4.78 is -1.81. The Morgan fingerprint density at radius 2 is 2.07 bits per heavy atom. The maximum atomic E-state index is 10.7. The number of halogens is 3. The average Bonchev–Trinajstić information content (AvgIpc) is 2.45. The van der Waals surface area contributed by atoms with E-state index in [0.29, 0.717) is 5.01 Å². The Bertz CT molecular complexity index is 291. The smallest absolute Gasteiger partial charge is 0.236 e. The summed E-state index contributed by atoms with van der Waals surface area (Å²) >= 11 is 17.0. The summed E-state index contributed by atoms with van der Waals surface area (Å²) in [4.78, 5) is 10.7. The van der Waals surface area contributed by atoms with E-state index in [4.69, 9.17) is 34.8 Å². The van der Waals surface area contributed by atoms with Crippen molar-refractivity contribution in [2.24, 2.45) is 5.10 Å². The van der Waals surface area contributed by atoms with Crippen molar-refractivity contribution in [1.29, 1.82) is 0 Å². The Morgan fingerprint density at radius 1 is 1.53 bits per heavy atom. The summed E-state index contributed by atoms with van der Waals surface area (Å²) in [5.41, 5.74) is 0. The molecule has 0 saturated carbocycles. The minimum atomic E-state index is -1.81. The van der Waals surface area contributed by atoms with E-state index >= 15 is 0 Å². The van der Waals surface area contributed by atoms with Crippen LogP contribution in [0.1, 0.15) is 13.8 Å². The third-order valence-electron chi connectivity index (χ3n) is 1.81. The Morgan fingerprint density at radius 3 is 2.40 bits per heavy atom. The molecular weight excluding hydrogens is 266 g/mol. The molecule has 0 N–H and O–H groups in total. The van der Waals surface area contributed by atoms with Crippen molar-refractivity contribution < 1.29 is 5.03 Å². The molecule has 0 aromatic heterocycles. The van der Waals surface area contributed by atoms with Crippen molar-refractivity contribution in [3.8, 4) is 0 Å². The molecule has 1 aliphatic rings. The minimum Gasteiger partial charge on any atom is -0.260 e. The first-order valence-corrected chi connectivity index (χ1v) is 5.20. The largest absolute Gasteiger partial charge is 0.260 e. The molecule has 86 valence electrons. The van der Waals surface area contributed by atoms with Crippen LogP contribution >= 0.6 is 34.8 Å². The van der Waals surface area contributed by atoms with Gasteiger partial charge in [-0.05, 0) is 13.8 Å². The molecule has 1 unspecified atom stereocenters. The van der Waals surface area contributed by atoms with Crippen LogP contribution in [-0.4, -0.2) is 37.4 Å². The second kappa shape index (κ2) is 4.19. The molecule has 1 heterocycles. The van der Waals surface area contributed by atoms with Crippen LogP contribution < -0.4 is 0 Å². The van der Waals surface area contributed by atoms with Crippen molar-refractivity contribution in [3.05, 3.63) is 10.1 Å². The first-order chi connectivity index (χ1) is 6.75. The maximum Gasteiger partial charge on any atom is 0.236 e. The van der Waals surface area contributed by atoms with E-state index in [1.54, 1.807) is 13.8 Å². The van der Waals surface area contributed by atoms with Gasteiger partial charge < -0.3 is 0 Å². The van der Waals surface area contributed by atoms with Crippen molar-refractivity contribution >= 4 is 41.1 Å². The molecule has 0 aromatic carbocycles. The van der Waals surface area contributed by atoms with Crippen LogP contribution in [0.5, 0.6) is 0 Å². The Balaban J connectivity index is 2.98. The van der Waals surface area contributed by atoms with Gasteiger partial charge in [0, 0.05) is 6.04 Å². The molecule has 0 amide bonds. The zero-order chi connectivity index (χ0) is 11.8. The molecule has 0 aliphatic carbocycles. The predicted octanol–water partition coefficient (Wildman–Crippen LogP) is 1.84. The Hall–Kier alpha value is -0.460. The van der Waals surface area contributed by atoms with Crippen LogP contribution in [0.4, 0.5) is 0 Å². The van der Waals surface area contributed by atoms with E-state index in [2.05, 4.69) is 5.10 Å². The van der Waals surface area contributed by atoms with Gasteiger partial charge in [0.2, 0.25) is 9.96 Å². The molecule has 1 aliphatic heterocycles. The summed E-state index contributed by atoms with van der Waals surface area (Å²) in [5, 5.41) is 15.9. The lowest BCUT2D eigenvalue weighted by atomic mass is 10.3. The fourth-order valence-corrected chi connectivity index (χ4v) is 1.81. The van der Waals surface area contributed by atoms with E-state index in [9.17, 15) is 10.1 Å². The lowest BCUT2D eigenvalue weighted by Crippen LogP contribution is -2.52. The molecule has 6 nitrogen and oxygen atoms in total. The summed E-state index contributed by atoms with van der Waals surface area (Å²) in [5.74, 6) is 0. The quantitative estimate of drug-likeness (QED) is 0.438. The van der Waals surface area contributed by atoms with E-state index in [1.807, 2.05) is 0 Å². The topological polar surface area (TPSA) is 62.0 Å². The van der Waals surface area contributed by atoms with Gasteiger partial charge in [-0.1, -0.05) is 39.8 Å². The number of hydrogen-bond donors (Lipinski definition) is 0. The Kier molecular flexibility index (Phi) is 3.52. The van der Waals surface area contributed by atoms with Gasteiger partial charge in [0.05, 0.1) is 0 Å². The molecule has 9 heteroatoms. The van der Waals surface area contributed by atoms with Crippen molar-refractivity contribution in [1.82, 2.24) is 10.0 Å². The highest BCUT2D eigenvalue weighted by Gasteiger charge is 2.50. The molecule has 0 fully saturated rings. The molecule has 0 radical (unpaired) electrons. The minimum absolute atomic E-state index is 0.105. The van der Waals surface area contributed by atoms with Gasteiger partial charge in [0.15, 0.2) is 11.4 Å². The van der Waals surface area contributed by atoms with Crippen LogP contribution in [0.3, 0.4) is 0 Å². The second-order valence-electron chi connectivity index (χ2n) is 3.24. The average molecular weight is 276 g/mol. The van der Waals surface area contributed by atoms with Gasteiger partial charge in [-0.15, -0.1) is 0 Å². The fraction of sp³-hybridized carbons (Fsp3) is 0.833. The molecule has 1 rings (SSSR count). The number of nitrogens with zero attached hydrogens (tertiary/aromatic N) is 4. The zero-order valence-corrected chi connectivity index (χ0v) is 10.2. The lowest BCUT2D eigenvalue weighted by molar-refractivity contribution is -0.638. The standard InChI is InChI=1S/C6H9Cl3N4O2/c1-4(2)12-5(6(7,8)9)11(3-10-12)13(14)15/h3-5H,1-2H3. The SMILES string of the molecule is CC(C)N1N=CN([N+](=O)[O-])C1C(Cl)(Cl)Cl. The number of hydrazone groups is 1. The maximum absolute atomic E-state index is 10.7. The summed E-state index contributed by atoms with van der Waals surface area (Å²) in [6, 6.07) is -0.105. The zero-order valence-electron chi connectivity index (χ0n) is 7.97. The highest BCUT2D eigenvalue weighted by atomic mass is 35.6. The third-order valence-corrected chi connectivity index (χ3v) is 2.40.